The minimum Gasteiger partial charge on any atom is -0.466 e. The molecule has 6 nitrogen and oxygen atoms in total. The van der Waals surface area contributed by atoms with Gasteiger partial charge in [-0.25, -0.2) is 0 Å². The fourth-order valence-electron chi connectivity index (χ4n) is 9.64. The van der Waals surface area contributed by atoms with Crippen molar-refractivity contribution in [2.45, 2.75) is 353 Å². The molecule has 1 amide bonds. The fraction of sp³-hybridized carbons (Fsp3) is 0.934. The molecule has 2 unspecified atom stereocenters. The van der Waals surface area contributed by atoms with Crippen LogP contribution in [0.1, 0.15) is 341 Å². The summed E-state index contributed by atoms with van der Waals surface area (Å²) in [6.07, 6.45) is 67.8. The quantitative estimate of drug-likeness (QED) is 0.0321. The number of carbonyl (C=O) groups is 2. The lowest BCUT2D eigenvalue weighted by Gasteiger charge is -2.22. The number of aliphatic hydroxyl groups is 2. The molecule has 0 aliphatic heterocycles. The van der Waals surface area contributed by atoms with Gasteiger partial charge in [0.2, 0.25) is 5.91 Å². The fourth-order valence-corrected chi connectivity index (χ4v) is 9.64. The maximum Gasteiger partial charge on any atom is 0.305 e. The lowest BCUT2D eigenvalue weighted by Crippen LogP contribution is -2.45. The van der Waals surface area contributed by atoms with E-state index in [1.807, 2.05) is 0 Å². The van der Waals surface area contributed by atoms with Crippen LogP contribution < -0.4 is 5.32 Å². The summed E-state index contributed by atoms with van der Waals surface area (Å²) in [6.45, 7) is 4.92. The summed E-state index contributed by atoms with van der Waals surface area (Å²) in [5.74, 6) is -0.0849. The lowest BCUT2D eigenvalue weighted by atomic mass is 10.0. The summed E-state index contributed by atoms with van der Waals surface area (Å²) in [6, 6.07) is -0.562. The van der Waals surface area contributed by atoms with E-state index in [4.69, 9.17) is 4.74 Å². The highest BCUT2D eigenvalue weighted by Gasteiger charge is 2.20. The Morgan fingerprint density at radius 2 is 0.701 bits per heavy atom. The van der Waals surface area contributed by atoms with Crippen molar-refractivity contribution < 1.29 is 24.5 Å². The van der Waals surface area contributed by atoms with Crippen LogP contribution in [0.4, 0.5) is 0 Å². The first-order chi connectivity index (χ1) is 33.0. The summed E-state index contributed by atoms with van der Waals surface area (Å²) in [7, 11) is 0. The van der Waals surface area contributed by atoms with Gasteiger partial charge in [0.25, 0.3) is 0 Å². The summed E-state index contributed by atoms with van der Waals surface area (Å²) in [5.41, 5.74) is 0. The second-order valence-corrected chi connectivity index (χ2v) is 21.0. The van der Waals surface area contributed by atoms with Gasteiger partial charge in [-0.1, -0.05) is 289 Å². The topological polar surface area (TPSA) is 95.9 Å². The molecule has 67 heavy (non-hydrogen) atoms. The van der Waals surface area contributed by atoms with Crippen LogP contribution in [0.2, 0.25) is 0 Å². The van der Waals surface area contributed by atoms with Crippen molar-refractivity contribution in [3.05, 3.63) is 12.2 Å². The molecule has 3 N–H and O–H groups in total. The molecule has 0 saturated heterocycles. The molecule has 0 aliphatic carbocycles. The summed E-state index contributed by atoms with van der Waals surface area (Å²) < 4.78 is 5.47. The van der Waals surface area contributed by atoms with Gasteiger partial charge in [0.1, 0.15) is 0 Å². The molecule has 0 rings (SSSR count). The zero-order valence-corrected chi connectivity index (χ0v) is 45.4. The summed E-state index contributed by atoms with van der Waals surface area (Å²) >= 11 is 0. The van der Waals surface area contributed by atoms with Gasteiger partial charge in [-0.3, -0.25) is 9.59 Å². The number of nitrogens with one attached hydrogen (secondary N) is 1. The normalized spacial score (nSPS) is 12.6. The molecule has 0 aliphatic rings. The molecule has 0 aromatic carbocycles. The number of amides is 1. The third-order valence-electron chi connectivity index (χ3n) is 14.3. The van der Waals surface area contributed by atoms with Crippen LogP contribution in [0.15, 0.2) is 12.2 Å². The van der Waals surface area contributed by atoms with Crippen LogP contribution in [0.25, 0.3) is 0 Å². The van der Waals surface area contributed by atoms with E-state index in [1.165, 1.54) is 250 Å². The Bertz CT molecular complexity index is 1000. The Hall–Kier alpha value is -1.40. The molecule has 0 radical (unpaired) electrons. The van der Waals surface area contributed by atoms with E-state index in [2.05, 4.69) is 31.3 Å². The highest BCUT2D eigenvalue weighted by molar-refractivity contribution is 5.76. The van der Waals surface area contributed by atoms with Gasteiger partial charge in [0.15, 0.2) is 0 Å². The zero-order chi connectivity index (χ0) is 48.6. The number of allylic oxidation sites excluding steroid dienone is 2. The number of ether oxygens (including phenoxy) is 1. The number of esters is 1. The Morgan fingerprint density at radius 3 is 1.06 bits per heavy atom. The van der Waals surface area contributed by atoms with Gasteiger partial charge in [0.05, 0.1) is 25.4 Å². The van der Waals surface area contributed by atoms with Crippen molar-refractivity contribution in [3.63, 3.8) is 0 Å². The molecule has 0 bridgehead atoms. The third-order valence-corrected chi connectivity index (χ3v) is 14.3. The van der Waals surface area contributed by atoms with Gasteiger partial charge in [-0.2, -0.15) is 0 Å². The highest BCUT2D eigenvalue weighted by atomic mass is 16.5. The van der Waals surface area contributed by atoms with Gasteiger partial charge >= 0.3 is 5.97 Å². The lowest BCUT2D eigenvalue weighted by molar-refractivity contribution is -0.143. The molecule has 0 aromatic heterocycles. The van der Waals surface area contributed by atoms with E-state index in [9.17, 15) is 19.8 Å². The minimum absolute atomic E-state index is 0.0263. The third kappa shape index (κ3) is 53.8. The molecule has 0 spiro atoms. The zero-order valence-electron chi connectivity index (χ0n) is 45.4. The van der Waals surface area contributed by atoms with Crippen LogP contribution in [-0.4, -0.2) is 47.4 Å². The Labute approximate surface area is 419 Å². The van der Waals surface area contributed by atoms with E-state index in [1.54, 1.807) is 0 Å². The van der Waals surface area contributed by atoms with Crippen LogP contribution in [0, 0.1) is 0 Å². The number of unbranched alkanes of at least 4 members (excludes halogenated alkanes) is 44. The SMILES string of the molecule is CCCCCCCCC/C=C\CCCCCCCCCC(=O)OCCCCCCCCCCCC(=O)NC(CO)C(O)CCCCCCCCCCCCCCCCCCCCCCCCC. The number of hydrogen-bond donors (Lipinski definition) is 3. The molecule has 2 atom stereocenters. The van der Waals surface area contributed by atoms with Crippen molar-refractivity contribution in [1.29, 1.82) is 0 Å². The molecule has 0 aromatic rings. The number of carbonyl (C=O) groups excluding carboxylic acids is 2. The van der Waals surface area contributed by atoms with Gasteiger partial charge < -0.3 is 20.3 Å². The largest absolute Gasteiger partial charge is 0.466 e. The van der Waals surface area contributed by atoms with Crippen LogP contribution >= 0.6 is 0 Å². The van der Waals surface area contributed by atoms with Crippen LogP contribution in [-0.2, 0) is 14.3 Å². The number of aliphatic hydroxyl groups excluding tert-OH is 2. The van der Waals surface area contributed by atoms with E-state index < -0.39 is 12.1 Å². The maximum absolute atomic E-state index is 12.5. The number of rotatable bonds is 57. The average molecular weight is 947 g/mol. The smallest absolute Gasteiger partial charge is 0.305 e. The van der Waals surface area contributed by atoms with E-state index in [0.717, 1.165) is 57.8 Å². The monoisotopic (exact) mass is 946 g/mol. The summed E-state index contributed by atoms with van der Waals surface area (Å²) in [5, 5.41) is 23.3. The number of hydrogen-bond acceptors (Lipinski definition) is 5. The molecule has 0 fully saturated rings. The van der Waals surface area contributed by atoms with Gasteiger partial charge in [-0.05, 0) is 51.4 Å². The molecule has 6 heteroatoms. The van der Waals surface area contributed by atoms with E-state index in [0.29, 0.717) is 25.9 Å². The molecule has 398 valence electrons. The van der Waals surface area contributed by atoms with Crippen LogP contribution in [0.5, 0.6) is 0 Å². The predicted octanol–water partition coefficient (Wildman–Crippen LogP) is 18.9. The molecular formula is C61H119NO5. The second-order valence-electron chi connectivity index (χ2n) is 21.0. The van der Waals surface area contributed by atoms with Crippen molar-refractivity contribution in [2.24, 2.45) is 0 Å². The first-order valence-electron chi connectivity index (χ1n) is 30.4. The van der Waals surface area contributed by atoms with Crippen molar-refractivity contribution in [3.8, 4) is 0 Å². The predicted molar refractivity (Wildman–Crippen MR) is 292 cm³/mol. The van der Waals surface area contributed by atoms with Crippen molar-refractivity contribution in [2.75, 3.05) is 13.2 Å². The average Bonchev–Trinajstić information content (AvgIpc) is 3.33. The first-order valence-corrected chi connectivity index (χ1v) is 30.4. The van der Waals surface area contributed by atoms with Crippen molar-refractivity contribution >= 4 is 11.9 Å². The first kappa shape index (κ1) is 65.6. The van der Waals surface area contributed by atoms with Crippen LogP contribution in [0.3, 0.4) is 0 Å². The van der Waals surface area contributed by atoms with Crippen molar-refractivity contribution in [1.82, 2.24) is 5.32 Å². The van der Waals surface area contributed by atoms with E-state index >= 15 is 0 Å². The summed E-state index contributed by atoms with van der Waals surface area (Å²) in [4.78, 5) is 24.6. The molecule has 0 heterocycles. The Balaban J connectivity index is 3.45. The molecular weight excluding hydrogens is 827 g/mol. The Morgan fingerprint density at radius 1 is 0.403 bits per heavy atom. The second kappa shape index (κ2) is 57.2. The minimum atomic E-state index is -0.683. The van der Waals surface area contributed by atoms with Gasteiger partial charge in [0, 0.05) is 12.8 Å². The Kier molecular flexibility index (Phi) is 56.0. The maximum atomic E-state index is 12.5. The van der Waals surface area contributed by atoms with E-state index in [-0.39, 0.29) is 18.5 Å². The molecule has 0 saturated carbocycles. The van der Waals surface area contributed by atoms with Gasteiger partial charge in [-0.15, -0.1) is 0 Å². The highest BCUT2D eigenvalue weighted by Crippen LogP contribution is 2.18. The standard InChI is InChI=1S/C61H119NO5/c1-3-5-7-9-11-13-15-17-19-21-23-24-25-26-27-28-30-32-34-37-41-45-49-53-59(64)58(57-63)62-60(65)54-50-46-42-38-36-40-44-48-52-56-67-61(66)55-51-47-43-39-35-33-31-29-22-20-18-16-14-12-10-8-6-4-2/h20,22,58-59,63-64H,3-19,21,23-57H2,1-2H3,(H,62,65)/b22-20-.